The van der Waals surface area contributed by atoms with E-state index in [-0.39, 0.29) is 24.1 Å². The number of hydrogen-bond donors (Lipinski definition) is 1. The molecule has 0 radical (unpaired) electrons. The van der Waals surface area contributed by atoms with Crippen LogP contribution in [0.4, 0.5) is 5.69 Å². The molecule has 1 aliphatic heterocycles. The van der Waals surface area contributed by atoms with Crippen LogP contribution in [-0.4, -0.2) is 39.8 Å². The van der Waals surface area contributed by atoms with Crippen LogP contribution in [0, 0.1) is 0 Å². The minimum atomic E-state index is -3.30. The van der Waals surface area contributed by atoms with Crippen LogP contribution in [0.1, 0.15) is 19.8 Å². The van der Waals surface area contributed by atoms with E-state index in [1.807, 2.05) is 6.92 Å². The highest BCUT2D eigenvalue weighted by Gasteiger charge is 2.32. The normalized spacial score (nSPS) is 19.0. The van der Waals surface area contributed by atoms with E-state index in [1.54, 1.807) is 36.3 Å². The lowest BCUT2D eigenvalue weighted by Gasteiger charge is -2.17. The van der Waals surface area contributed by atoms with Gasteiger partial charge in [0.1, 0.15) is 5.75 Å². The summed E-state index contributed by atoms with van der Waals surface area (Å²) in [5.74, 6) is 0.718. The standard InChI is InChI=1S/C14H20N2O4S/c1-3-8-21(18,19)15-11-9-14(17)16(10-11)12-4-6-13(20-2)7-5-12/h4-7,11,15H,3,8-10H2,1-2H3/t11-/m1/s1. The highest BCUT2D eigenvalue weighted by atomic mass is 32.2. The van der Waals surface area contributed by atoms with Gasteiger partial charge in [-0.3, -0.25) is 4.79 Å². The van der Waals surface area contributed by atoms with Crippen molar-refractivity contribution in [2.24, 2.45) is 0 Å². The molecule has 0 aromatic heterocycles. The fourth-order valence-electron chi connectivity index (χ4n) is 2.38. The summed E-state index contributed by atoms with van der Waals surface area (Å²) in [6, 6.07) is 6.77. The van der Waals surface area contributed by atoms with Gasteiger partial charge >= 0.3 is 0 Å². The Morgan fingerprint density at radius 2 is 2.00 bits per heavy atom. The molecule has 7 heteroatoms. The van der Waals surface area contributed by atoms with Crippen molar-refractivity contribution in [1.29, 1.82) is 0 Å². The predicted molar refractivity (Wildman–Crippen MR) is 81.0 cm³/mol. The van der Waals surface area contributed by atoms with Gasteiger partial charge in [0.15, 0.2) is 0 Å². The second kappa shape index (κ2) is 6.44. The molecule has 1 heterocycles. The first-order valence-corrected chi connectivity index (χ1v) is 8.55. The van der Waals surface area contributed by atoms with E-state index in [4.69, 9.17) is 4.74 Å². The lowest BCUT2D eigenvalue weighted by atomic mass is 10.3. The first-order chi connectivity index (χ1) is 9.95. The molecule has 0 aliphatic carbocycles. The Labute approximate surface area is 125 Å². The predicted octanol–water partition coefficient (Wildman–Crippen LogP) is 1.13. The molecular formula is C14H20N2O4S. The summed E-state index contributed by atoms with van der Waals surface area (Å²) >= 11 is 0. The molecule has 0 saturated carbocycles. The topological polar surface area (TPSA) is 75.7 Å². The number of anilines is 1. The highest BCUT2D eigenvalue weighted by Crippen LogP contribution is 2.24. The molecule has 1 amide bonds. The van der Waals surface area contributed by atoms with Gasteiger partial charge in [-0.1, -0.05) is 6.92 Å². The van der Waals surface area contributed by atoms with Crippen LogP contribution in [0.25, 0.3) is 0 Å². The van der Waals surface area contributed by atoms with E-state index >= 15 is 0 Å². The molecule has 0 spiro atoms. The molecule has 116 valence electrons. The average molecular weight is 312 g/mol. The summed E-state index contributed by atoms with van der Waals surface area (Å²) in [7, 11) is -1.73. The van der Waals surface area contributed by atoms with E-state index in [2.05, 4.69) is 4.72 Å². The van der Waals surface area contributed by atoms with Crippen LogP contribution in [0.15, 0.2) is 24.3 Å². The highest BCUT2D eigenvalue weighted by molar-refractivity contribution is 7.89. The molecule has 1 saturated heterocycles. The molecule has 6 nitrogen and oxygen atoms in total. The smallest absolute Gasteiger partial charge is 0.228 e. The number of carbonyl (C=O) groups excluding carboxylic acids is 1. The van der Waals surface area contributed by atoms with E-state index in [9.17, 15) is 13.2 Å². The third-order valence-corrected chi connectivity index (χ3v) is 4.97. The van der Waals surface area contributed by atoms with E-state index < -0.39 is 10.0 Å². The van der Waals surface area contributed by atoms with Gasteiger partial charge in [0.05, 0.1) is 12.9 Å². The molecule has 1 aromatic carbocycles. The monoisotopic (exact) mass is 312 g/mol. The van der Waals surface area contributed by atoms with Crippen molar-refractivity contribution in [3.63, 3.8) is 0 Å². The summed E-state index contributed by atoms with van der Waals surface area (Å²) in [4.78, 5) is 13.6. The second-order valence-corrected chi connectivity index (χ2v) is 6.91. The van der Waals surface area contributed by atoms with E-state index in [1.165, 1.54) is 0 Å². The van der Waals surface area contributed by atoms with Gasteiger partial charge in [-0.2, -0.15) is 0 Å². The molecule has 1 N–H and O–H groups in total. The van der Waals surface area contributed by atoms with Gasteiger partial charge in [0.25, 0.3) is 0 Å². The van der Waals surface area contributed by atoms with Crippen molar-refractivity contribution < 1.29 is 17.9 Å². The molecule has 1 fully saturated rings. The maximum atomic E-state index is 12.0. The number of nitrogens with zero attached hydrogens (tertiary/aromatic N) is 1. The first-order valence-electron chi connectivity index (χ1n) is 6.89. The molecule has 21 heavy (non-hydrogen) atoms. The summed E-state index contributed by atoms with van der Waals surface area (Å²) in [6.07, 6.45) is 0.743. The summed E-state index contributed by atoms with van der Waals surface area (Å²) in [6.45, 7) is 2.16. The first kappa shape index (κ1) is 15.8. The number of methoxy groups -OCH3 is 1. The van der Waals surface area contributed by atoms with Crippen LogP contribution in [0.5, 0.6) is 5.75 Å². The molecule has 1 aromatic rings. The fourth-order valence-corrected chi connectivity index (χ4v) is 3.70. The Bertz CT molecular complexity index is 598. The molecule has 1 aliphatic rings. The number of benzene rings is 1. The SMILES string of the molecule is CCCS(=O)(=O)N[C@@H]1CC(=O)N(c2ccc(OC)cc2)C1. The van der Waals surface area contributed by atoms with Crippen molar-refractivity contribution in [2.75, 3.05) is 24.3 Å². The third-order valence-electron chi connectivity index (χ3n) is 3.33. The lowest BCUT2D eigenvalue weighted by molar-refractivity contribution is -0.117. The second-order valence-electron chi connectivity index (χ2n) is 5.04. The summed E-state index contributed by atoms with van der Waals surface area (Å²) in [5.41, 5.74) is 0.748. The molecule has 1 atom stereocenters. The van der Waals surface area contributed by atoms with Crippen LogP contribution in [0.3, 0.4) is 0 Å². The molecular weight excluding hydrogens is 292 g/mol. The molecule has 0 unspecified atom stereocenters. The van der Waals surface area contributed by atoms with Gasteiger partial charge < -0.3 is 9.64 Å². The van der Waals surface area contributed by atoms with Gasteiger partial charge in [-0.15, -0.1) is 0 Å². The zero-order chi connectivity index (χ0) is 15.5. The third kappa shape index (κ3) is 3.95. The number of rotatable bonds is 6. The van der Waals surface area contributed by atoms with Crippen molar-refractivity contribution in [2.45, 2.75) is 25.8 Å². The zero-order valence-electron chi connectivity index (χ0n) is 12.2. The van der Waals surface area contributed by atoms with Crippen LogP contribution in [0.2, 0.25) is 0 Å². The Morgan fingerprint density at radius 3 is 2.57 bits per heavy atom. The van der Waals surface area contributed by atoms with Crippen molar-refractivity contribution in [1.82, 2.24) is 4.72 Å². The minimum absolute atomic E-state index is 0.0793. The Kier molecular flexibility index (Phi) is 4.84. The van der Waals surface area contributed by atoms with Crippen molar-refractivity contribution >= 4 is 21.6 Å². The average Bonchev–Trinajstić information content (AvgIpc) is 2.78. The lowest BCUT2D eigenvalue weighted by Crippen LogP contribution is -2.38. The Morgan fingerprint density at radius 1 is 1.33 bits per heavy atom. The van der Waals surface area contributed by atoms with Crippen molar-refractivity contribution in [3.05, 3.63) is 24.3 Å². The van der Waals surface area contributed by atoms with Gasteiger partial charge in [0.2, 0.25) is 15.9 Å². The Balaban J connectivity index is 2.05. The fraction of sp³-hybridized carbons (Fsp3) is 0.500. The van der Waals surface area contributed by atoms with Crippen LogP contribution < -0.4 is 14.4 Å². The minimum Gasteiger partial charge on any atom is -0.497 e. The molecule has 2 rings (SSSR count). The van der Waals surface area contributed by atoms with E-state index in [0.29, 0.717) is 18.7 Å². The van der Waals surface area contributed by atoms with Gasteiger partial charge in [0, 0.05) is 24.7 Å². The van der Waals surface area contributed by atoms with Crippen LogP contribution >= 0.6 is 0 Å². The number of hydrogen-bond acceptors (Lipinski definition) is 4. The number of sulfonamides is 1. The maximum absolute atomic E-state index is 12.0. The van der Waals surface area contributed by atoms with Gasteiger partial charge in [-0.25, -0.2) is 13.1 Å². The summed E-state index contributed by atoms with van der Waals surface area (Å²) in [5, 5.41) is 0. The maximum Gasteiger partial charge on any atom is 0.228 e. The summed E-state index contributed by atoms with van der Waals surface area (Å²) < 4.78 is 31.2. The number of ether oxygens (including phenoxy) is 1. The largest absolute Gasteiger partial charge is 0.497 e. The molecule has 0 bridgehead atoms. The number of amides is 1. The van der Waals surface area contributed by atoms with Crippen molar-refractivity contribution in [3.8, 4) is 5.75 Å². The van der Waals surface area contributed by atoms with Gasteiger partial charge in [-0.05, 0) is 30.7 Å². The Hall–Kier alpha value is -1.60. The zero-order valence-corrected chi connectivity index (χ0v) is 13.0. The number of nitrogens with one attached hydrogen (secondary N) is 1. The van der Waals surface area contributed by atoms with Crippen LogP contribution in [-0.2, 0) is 14.8 Å². The van der Waals surface area contributed by atoms with E-state index in [0.717, 1.165) is 5.69 Å². The quantitative estimate of drug-likeness (QED) is 0.854. The number of carbonyl (C=O) groups is 1.